The second kappa shape index (κ2) is 10.5. The van der Waals surface area contributed by atoms with Crippen molar-refractivity contribution in [2.75, 3.05) is 13.2 Å². The van der Waals surface area contributed by atoms with Gasteiger partial charge in [0.1, 0.15) is 11.1 Å². The molecule has 0 heterocycles. The molecule has 1 rings (SSSR count). The van der Waals surface area contributed by atoms with Gasteiger partial charge in [0.25, 0.3) is 17.5 Å². The number of carbonyl (C=O) groups is 3. The Bertz CT molecular complexity index is 723. The largest absolute Gasteiger partial charge is 0.454 e. The van der Waals surface area contributed by atoms with Crippen LogP contribution in [0.5, 0.6) is 0 Å². The van der Waals surface area contributed by atoms with Gasteiger partial charge in [0, 0.05) is 18.2 Å². The minimum atomic E-state index is -1.02. The number of hydrogen-bond acceptors (Lipinski definition) is 6. The predicted octanol–water partition coefficient (Wildman–Crippen LogP) is 2.07. The lowest BCUT2D eigenvalue weighted by Gasteiger charge is -2.20. The topological polar surface area (TPSA) is 128 Å². The van der Waals surface area contributed by atoms with Crippen LogP contribution in [0.25, 0.3) is 0 Å². The smallest absolute Gasteiger partial charge is 0.329 e. The lowest BCUT2D eigenvalue weighted by Crippen LogP contribution is -2.46. The maximum atomic E-state index is 12.4. The Hall–Kier alpha value is -2.68. The minimum Gasteiger partial charge on any atom is -0.454 e. The van der Waals surface area contributed by atoms with E-state index < -0.39 is 41.0 Å². The lowest BCUT2D eigenvalue weighted by molar-refractivity contribution is -0.384. The molecule has 0 spiro atoms. The highest BCUT2D eigenvalue weighted by atomic mass is 35.5. The van der Waals surface area contributed by atoms with Gasteiger partial charge in [-0.3, -0.25) is 19.7 Å². The molecule has 1 atom stereocenters. The molecule has 0 radical (unpaired) electrons. The third-order valence-electron chi connectivity index (χ3n) is 3.53. The molecule has 0 saturated carbocycles. The molecule has 0 aliphatic heterocycles. The fourth-order valence-corrected chi connectivity index (χ4v) is 2.24. The summed E-state index contributed by atoms with van der Waals surface area (Å²) in [6, 6.07) is 2.55. The number of ether oxygens (including phenoxy) is 1. The summed E-state index contributed by atoms with van der Waals surface area (Å²) in [5, 5.41) is 15.9. The molecule has 1 aromatic rings. The maximum Gasteiger partial charge on any atom is 0.329 e. The Labute approximate surface area is 161 Å². The molecule has 0 fully saturated rings. The van der Waals surface area contributed by atoms with Crippen LogP contribution < -0.4 is 10.6 Å². The summed E-state index contributed by atoms with van der Waals surface area (Å²) in [4.78, 5) is 46.3. The van der Waals surface area contributed by atoms with Crippen LogP contribution >= 0.6 is 11.6 Å². The van der Waals surface area contributed by atoms with E-state index in [4.69, 9.17) is 16.3 Å². The van der Waals surface area contributed by atoms with Crippen molar-refractivity contribution in [2.24, 2.45) is 5.92 Å². The van der Waals surface area contributed by atoms with E-state index >= 15 is 0 Å². The molecule has 27 heavy (non-hydrogen) atoms. The average Bonchev–Trinajstić information content (AvgIpc) is 2.61. The number of nitro groups is 1. The summed E-state index contributed by atoms with van der Waals surface area (Å²) in [7, 11) is 0. The Kier molecular flexibility index (Phi) is 8.67. The van der Waals surface area contributed by atoms with Crippen LogP contribution in [-0.2, 0) is 14.3 Å². The van der Waals surface area contributed by atoms with Crippen molar-refractivity contribution >= 4 is 35.1 Å². The fourth-order valence-electron chi connectivity index (χ4n) is 2.06. The van der Waals surface area contributed by atoms with Crippen molar-refractivity contribution in [3.8, 4) is 0 Å². The van der Waals surface area contributed by atoms with E-state index in [1.165, 1.54) is 12.1 Å². The number of carbonyl (C=O) groups excluding carboxylic acids is 3. The second-order valence-electron chi connectivity index (χ2n) is 6.08. The van der Waals surface area contributed by atoms with E-state index in [-0.39, 0.29) is 16.5 Å². The molecule has 0 aromatic heterocycles. The van der Waals surface area contributed by atoms with Gasteiger partial charge in [0.15, 0.2) is 6.61 Å². The van der Waals surface area contributed by atoms with Crippen LogP contribution in [0, 0.1) is 16.0 Å². The van der Waals surface area contributed by atoms with Crippen molar-refractivity contribution < 1.29 is 24.0 Å². The molecule has 2 amide bonds. The molecule has 0 unspecified atom stereocenters. The Balaban J connectivity index is 2.80. The zero-order chi connectivity index (χ0) is 20.6. The number of nitro benzene ring substituents is 1. The van der Waals surface area contributed by atoms with Crippen LogP contribution in [0.4, 0.5) is 5.69 Å². The van der Waals surface area contributed by atoms with Crippen LogP contribution in [0.15, 0.2) is 18.2 Å². The first-order chi connectivity index (χ1) is 12.7. The van der Waals surface area contributed by atoms with Crippen LogP contribution in [-0.4, -0.2) is 41.9 Å². The molecular weight excluding hydrogens is 378 g/mol. The molecule has 148 valence electrons. The van der Waals surface area contributed by atoms with Crippen molar-refractivity contribution in [2.45, 2.75) is 33.2 Å². The molecule has 10 heteroatoms. The summed E-state index contributed by atoms with van der Waals surface area (Å²) in [5.41, 5.74) is -0.439. The first kappa shape index (κ1) is 22.4. The van der Waals surface area contributed by atoms with Gasteiger partial charge in [-0.15, -0.1) is 0 Å². The van der Waals surface area contributed by atoms with E-state index in [0.717, 1.165) is 12.5 Å². The number of halogens is 1. The third kappa shape index (κ3) is 6.86. The summed E-state index contributed by atoms with van der Waals surface area (Å²) < 4.78 is 4.95. The van der Waals surface area contributed by atoms with Gasteiger partial charge >= 0.3 is 5.97 Å². The van der Waals surface area contributed by atoms with E-state index in [0.29, 0.717) is 6.54 Å². The predicted molar refractivity (Wildman–Crippen MR) is 98.5 cm³/mol. The van der Waals surface area contributed by atoms with Crippen molar-refractivity contribution in [1.29, 1.82) is 0 Å². The zero-order valence-corrected chi connectivity index (χ0v) is 16.0. The van der Waals surface area contributed by atoms with Crippen LogP contribution in [0.1, 0.15) is 37.6 Å². The third-order valence-corrected chi connectivity index (χ3v) is 3.85. The van der Waals surface area contributed by atoms with E-state index in [2.05, 4.69) is 10.6 Å². The maximum absolute atomic E-state index is 12.4. The first-order valence-electron chi connectivity index (χ1n) is 8.35. The Morgan fingerprint density at radius 3 is 2.52 bits per heavy atom. The molecule has 0 bridgehead atoms. The van der Waals surface area contributed by atoms with Gasteiger partial charge in [-0.1, -0.05) is 32.4 Å². The normalized spacial score (nSPS) is 11.6. The molecule has 1 aromatic carbocycles. The SMILES string of the molecule is CCCNC(=O)COC(=O)[C@@H](NC(=O)c1ccc(Cl)c([N+](=O)[O-])c1)C(C)C. The van der Waals surface area contributed by atoms with E-state index in [9.17, 15) is 24.5 Å². The molecule has 9 nitrogen and oxygen atoms in total. The van der Waals surface area contributed by atoms with Gasteiger partial charge in [-0.2, -0.15) is 0 Å². The van der Waals surface area contributed by atoms with Gasteiger partial charge in [0.2, 0.25) is 0 Å². The average molecular weight is 400 g/mol. The highest BCUT2D eigenvalue weighted by Crippen LogP contribution is 2.25. The molecule has 0 aliphatic rings. The highest BCUT2D eigenvalue weighted by molar-refractivity contribution is 6.32. The summed E-state index contributed by atoms with van der Waals surface area (Å²) >= 11 is 5.72. The lowest BCUT2D eigenvalue weighted by atomic mass is 10.0. The van der Waals surface area contributed by atoms with Gasteiger partial charge in [-0.25, -0.2) is 4.79 Å². The number of amides is 2. The van der Waals surface area contributed by atoms with Crippen molar-refractivity contribution in [1.82, 2.24) is 10.6 Å². The van der Waals surface area contributed by atoms with Gasteiger partial charge in [-0.05, 0) is 24.5 Å². The second-order valence-corrected chi connectivity index (χ2v) is 6.48. The number of nitrogens with zero attached hydrogens (tertiary/aromatic N) is 1. The fraction of sp³-hybridized carbons (Fsp3) is 0.471. The van der Waals surface area contributed by atoms with Crippen LogP contribution in [0.2, 0.25) is 5.02 Å². The molecule has 0 aliphatic carbocycles. The number of rotatable bonds is 9. The van der Waals surface area contributed by atoms with E-state index in [1.54, 1.807) is 13.8 Å². The van der Waals surface area contributed by atoms with Crippen molar-refractivity contribution in [3.63, 3.8) is 0 Å². The van der Waals surface area contributed by atoms with Crippen molar-refractivity contribution in [3.05, 3.63) is 38.9 Å². The summed E-state index contributed by atoms with van der Waals surface area (Å²) in [5.74, 6) is -2.23. The first-order valence-corrected chi connectivity index (χ1v) is 8.73. The number of hydrogen-bond donors (Lipinski definition) is 2. The molecule has 2 N–H and O–H groups in total. The summed E-state index contributed by atoms with van der Waals surface area (Å²) in [6.45, 7) is 5.28. The monoisotopic (exact) mass is 399 g/mol. The summed E-state index contributed by atoms with van der Waals surface area (Å²) in [6.07, 6.45) is 0.748. The van der Waals surface area contributed by atoms with Gasteiger partial charge in [0.05, 0.1) is 4.92 Å². The molecule has 0 saturated heterocycles. The number of benzene rings is 1. The number of nitrogens with one attached hydrogen (secondary N) is 2. The quantitative estimate of drug-likeness (QED) is 0.371. The van der Waals surface area contributed by atoms with Gasteiger partial charge < -0.3 is 15.4 Å². The highest BCUT2D eigenvalue weighted by Gasteiger charge is 2.27. The minimum absolute atomic E-state index is 0.0229. The van der Waals surface area contributed by atoms with Crippen LogP contribution in [0.3, 0.4) is 0 Å². The molecular formula is C17H22ClN3O6. The van der Waals surface area contributed by atoms with E-state index in [1.807, 2.05) is 6.92 Å². The number of esters is 1. The standard InChI is InChI=1S/C17H22ClN3O6/c1-4-7-19-14(22)9-27-17(24)15(10(2)3)20-16(23)11-5-6-12(18)13(8-11)21(25)26/h5-6,8,10,15H,4,7,9H2,1-3H3,(H,19,22)(H,20,23)/t15-/m0/s1. The Morgan fingerprint density at radius 2 is 1.96 bits per heavy atom. The zero-order valence-electron chi connectivity index (χ0n) is 15.3. The Morgan fingerprint density at radius 1 is 1.30 bits per heavy atom.